The van der Waals surface area contributed by atoms with Gasteiger partial charge in [0.1, 0.15) is 11.5 Å². The molecule has 1 aromatic rings. The van der Waals surface area contributed by atoms with Crippen LogP contribution in [0.25, 0.3) is 0 Å². The Kier molecular flexibility index (Phi) is 3.58. The second-order valence-corrected chi connectivity index (χ2v) is 7.70. The Morgan fingerprint density at radius 2 is 2.08 bits per heavy atom. The van der Waals surface area contributed by atoms with Gasteiger partial charge in [-0.05, 0) is 38.1 Å². The molecule has 6 heteroatoms. The molecule has 3 aliphatic rings. The van der Waals surface area contributed by atoms with Crippen molar-refractivity contribution in [1.29, 1.82) is 0 Å². The smallest absolute Gasteiger partial charge is 0.313 e. The fraction of sp³-hybridized carbons (Fsp3) is 0.444. The fourth-order valence-electron chi connectivity index (χ4n) is 3.92. The van der Waals surface area contributed by atoms with Crippen molar-refractivity contribution in [3.05, 3.63) is 40.9 Å². The molecule has 24 heavy (non-hydrogen) atoms. The summed E-state index contributed by atoms with van der Waals surface area (Å²) < 4.78 is 12.4. The van der Waals surface area contributed by atoms with Crippen LogP contribution < -0.4 is 4.90 Å². The number of halogens is 1. The maximum absolute atomic E-state index is 13.1. The average molecular weight is 392 g/mol. The van der Waals surface area contributed by atoms with Crippen LogP contribution in [0.4, 0.5) is 5.69 Å². The Balaban J connectivity index is 1.66. The zero-order valence-electron chi connectivity index (χ0n) is 13.4. The number of carbonyl (C=O) groups excluding carboxylic acids is 2. The van der Waals surface area contributed by atoms with E-state index in [1.54, 1.807) is 4.90 Å². The lowest BCUT2D eigenvalue weighted by atomic mass is 9.77. The number of anilines is 1. The van der Waals surface area contributed by atoms with E-state index in [0.29, 0.717) is 6.54 Å². The molecule has 1 amide bonds. The van der Waals surface area contributed by atoms with Gasteiger partial charge in [-0.3, -0.25) is 9.59 Å². The van der Waals surface area contributed by atoms with Gasteiger partial charge in [-0.2, -0.15) is 0 Å². The highest BCUT2D eigenvalue weighted by atomic mass is 79.9. The van der Waals surface area contributed by atoms with E-state index in [1.807, 2.05) is 50.3 Å². The normalized spacial score (nSPS) is 33.4. The monoisotopic (exact) mass is 391 g/mol. The van der Waals surface area contributed by atoms with Crippen molar-refractivity contribution < 1.29 is 19.1 Å². The Labute approximate surface area is 148 Å². The standard InChI is InChI=1S/C18H18BrNO4/c1-10(2)23-17(22)14-13-7-8-18(24-13)9-20(16(21)15(14)18)12-5-3-11(19)4-6-12/h3-8,10,13-15H,9H2,1-2H3/t13-,14?,15+,18-/m1/s1. The summed E-state index contributed by atoms with van der Waals surface area (Å²) in [6.45, 7) is 4.04. The minimum Gasteiger partial charge on any atom is -0.463 e. The van der Waals surface area contributed by atoms with E-state index in [1.165, 1.54) is 0 Å². The lowest BCUT2D eigenvalue weighted by molar-refractivity contribution is -0.156. The van der Waals surface area contributed by atoms with E-state index < -0.39 is 17.4 Å². The number of ether oxygens (including phenoxy) is 2. The molecule has 4 rings (SSSR count). The molecule has 5 nitrogen and oxygen atoms in total. The van der Waals surface area contributed by atoms with E-state index in [2.05, 4.69) is 15.9 Å². The third kappa shape index (κ3) is 2.24. The summed E-state index contributed by atoms with van der Waals surface area (Å²) in [4.78, 5) is 27.3. The number of hydrogen-bond donors (Lipinski definition) is 0. The highest BCUT2D eigenvalue weighted by Crippen LogP contribution is 2.53. The molecule has 0 N–H and O–H groups in total. The average Bonchev–Trinajstić information content (AvgIpc) is 3.16. The Bertz CT molecular complexity index is 729. The molecular formula is C18H18BrNO4. The van der Waals surface area contributed by atoms with E-state index >= 15 is 0 Å². The minimum absolute atomic E-state index is 0.0742. The highest BCUT2D eigenvalue weighted by Gasteiger charge is 2.67. The third-order valence-corrected chi connectivity index (χ3v) is 5.39. The number of amides is 1. The van der Waals surface area contributed by atoms with Gasteiger partial charge in [-0.15, -0.1) is 0 Å². The lowest BCUT2D eigenvalue weighted by Crippen LogP contribution is -2.40. The maximum Gasteiger partial charge on any atom is 0.313 e. The van der Waals surface area contributed by atoms with Crippen molar-refractivity contribution in [3.63, 3.8) is 0 Å². The van der Waals surface area contributed by atoms with Crippen LogP contribution in [0.1, 0.15) is 13.8 Å². The molecule has 1 aromatic carbocycles. The number of benzene rings is 1. The Morgan fingerprint density at radius 1 is 1.38 bits per heavy atom. The van der Waals surface area contributed by atoms with E-state index in [9.17, 15) is 9.59 Å². The zero-order valence-corrected chi connectivity index (χ0v) is 15.0. The SMILES string of the molecule is CC(C)OC(=O)C1[C@H]2C(=O)N(c3ccc(Br)cc3)C[C@]23C=C[C@H]1O3. The summed E-state index contributed by atoms with van der Waals surface area (Å²) in [5.41, 5.74) is 0.0959. The first kappa shape index (κ1) is 15.8. The molecule has 0 aromatic heterocycles. The molecule has 1 spiro atoms. The first-order valence-corrected chi connectivity index (χ1v) is 8.85. The van der Waals surface area contributed by atoms with E-state index in [-0.39, 0.29) is 24.1 Å². The largest absolute Gasteiger partial charge is 0.463 e. The number of esters is 1. The molecule has 0 saturated carbocycles. The molecule has 3 aliphatic heterocycles. The van der Waals surface area contributed by atoms with Crippen molar-refractivity contribution in [1.82, 2.24) is 0 Å². The third-order valence-electron chi connectivity index (χ3n) is 4.86. The number of hydrogen-bond acceptors (Lipinski definition) is 4. The molecular weight excluding hydrogens is 374 g/mol. The molecule has 0 radical (unpaired) electrons. The summed E-state index contributed by atoms with van der Waals surface area (Å²) in [5, 5.41) is 0. The molecule has 4 atom stereocenters. The first-order valence-electron chi connectivity index (χ1n) is 8.06. The summed E-state index contributed by atoms with van der Waals surface area (Å²) in [6, 6.07) is 7.56. The van der Waals surface area contributed by atoms with Crippen LogP contribution >= 0.6 is 15.9 Å². The van der Waals surface area contributed by atoms with E-state index in [4.69, 9.17) is 9.47 Å². The van der Waals surface area contributed by atoms with Crippen LogP contribution in [-0.4, -0.2) is 36.2 Å². The van der Waals surface area contributed by atoms with Crippen LogP contribution in [0.5, 0.6) is 0 Å². The lowest BCUT2D eigenvalue weighted by Gasteiger charge is -2.23. The van der Waals surface area contributed by atoms with Gasteiger partial charge in [0.15, 0.2) is 0 Å². The maximum atomic E-state index is 13.1. The summed E-state index contributed by atoms with van der Waals surface area (Å²) >= 11 is 3.40. The predicted molar refractivity (Wildman–Crippen MR) is 91.4 cm³/mol. The number of fused-ring (bicyclic) bond motifs is 1. The number of rotatable bonds is 3. The van der Waals surface area contributed by atoms with Crippen LogP contribution in [0.3, 0.4) is 0 Å². The van der Waals surface area contributed by atoms with Crippen molar-refractivity contribution in [3.8, 4) is 0 Å². The van der Waals surface area contributed by atoms with Crippen LogP contribution in [0.15, 0.2) is 40.9 Å². The summed E-state index contributed by atoms with van der Waals surface area (Å²) in [6.07, 6.45) is 3.26. The van der Waals surface area contributed by atoms with E-state index in [0.717, 1.165) is 10.2 Å². The molecule has 2 fully saturated rings. The van der Waals surface area contributed by atoms with Gasteiger partial charge in [0.05, 0.1) is 24.7 Å². The predicted octanol–water partition coefficient (Wildman–Crippen LogP) is 2.69. The molecule has 0 aliphatic carbocycles. The highest BCUT2D eigenvalue weighted by molar-refractivity contribution is 9.10. The Hall–Kier alpha value is -1.66. The molecule has 126 valence electrons. The molecule has 1 unspecified atom stereocenters. The molecule has 2 bridgehead atoms. The second kappa shape index (κ2) is 5.43. The zero-order chi connectivity index (χ0) is 17.1. The minimum atomic E-state index is -0.713. The summed E-state index contributed by atoms with van der Waals surface area (Å²) in [7, 11) is 0. The van der Waals surface area contributed by atoms with Gasteiger partial charge < -0.3 is 14.4 Å². The number of nitrogens with zero attached hydrogens (tertiary/aromatic N) is 1. The second-order valence-electron chi connectivity index (χ2n) is 6.79. The van der Waals surface area contributed by atoms with Gasteiger partial charge in [-0.1, -0.05) is 28.1 Å². The van der Waals surface area contributed by atoms with Gasteiger partial charge in [0.2, 0.25) is 5.91 Å². The quantitative estimate of drug-likeness (QED) is 0.587. The van der Waals surface area contributed by atoms with Crippen LogP contribution in [0.2, 0.25) is 0 Å². The summed E-state index contributed by atoms with van der Waals surface area (Å²) in [5.74, 6) is -1.50. The van der Waals surface area contributed by atoms with Crippen molar-refractivity contribution in [2.75, 3.05) is 11.4 Å². The van der Waals surface area contributed by atoms with Crippen molar-refractivity contribution in [2.45, 2.75) is 31.7 Å². The van der Waals surface area contributed by atoms with Gasteiger partial charge in [-0.25, -0.2) is 0 Å². The van der Waals surface area contributed by atoms with Crippen molar-refractivity contribution >= 4 is 33.5 Å². The van der Waals surface area contributed by atoms with Crippen molar-refractivity contribution in [2.24, 2.45) is 11.8 Å². The van der Waals surface area contributed by atoms with Gasteiger partial charge >= 0.3 is 5.97 Å². The van der Waals surface area contributed by atoms with Gasteiger partial charge in [0.25, 0.3) is 0 Å². The fourth-order valence-corrected chi connectivity index (χ4v) is 4.18. The van der Waals surface area contributed by atoms with Crippen LogP contribution in [-0.2, 0) is 19.1 Å². The first-order chi connectivity index (χ1) is 11.4. The van der Waals surface area contributed by atoms with Gasteiger partial charge in [0, 0.05) is 10.2 Å². The van der Waals surface area contributed by atoms with Crippen LogP contribution in [0, 0.1) is 11.8 Å². The topological polar surface area (TPSA) is 55.8 Å². The Morgan fingerprint density at radius 3 is 2.75 bits per heavy atom. The number of carbonyl (C=O) groups is 2. The molecule has 3 heterocycles. The molecule has 2 saturated heterocycles.